The third-order valence-corrected chi connectivity index (χ3v) is 4.97. The molecule has 0 saturated carbocycles. The number of nitrogens with zero attached hydrogens (tertiary/aromatic N) is 3. The van der Waals surface area contributed by atoms with Crippen LogP contribution in [0.5, 0.6) is 11.5 Å². The molecule has 1 aliphatic rings. The normalized spacial score (nSPS) is 14.1. The SMILES string of the molecule is CCc1cc(-c2cc3c(cc2Cl)OC(F)(F)O3)ncc1NC(=O)c1nn(C)cc1Cl. The van der Waals surface area contributed by atoms with E-state index >= 15 is 0 Å². The molecular formula is C19H14Cl2F2N4O3. The number of alkyl halides is 2. The maximum atomic E-state index is 13.3. The highest BCUT2D eigenvalue weighted by molar-refractivity contribution is 6.34. The largest absolute Gasteiger partial charge is 0.586 e. The van der Waals surface area contributed by atoms with E-state index in [0.29, 0.717) is 23.4 Å². The highest BCUT2D eigenvalue weighted by atomic mass is 35.5. The van der Waals surface area contributed by atoms with Crippen LogP contribution in [-0.2, 0) is 13.5 Å². The maximum absolute atomic E-state index is 13.3. The second-order valence-corrected chi connectivity index (χ2v) is 7.29. The van der Waals surface area contributed by atoms with Gasteiger partial charge in [0.1, 0.15) is 0 Å². The van der Waals surface area contributed by atoms with E-state index in [4.69, 9.17) is 23.2 Å². The molecule has 0 bridgehead atoms. The number of pyridine rings is 1. The molecule has 1 amide bonds. The first-order chi connectivity index (χ1) is 14.2. The Labute approximate surface area is 179 Å². The highest BCUT2D eigenvalue weighted by Gasteiger charge is 2.44. The number of aromatic nitrogens is 3. The number of carbonyl (C=O) groups excluding carboxylic acids is 1. The van der Waals surface area contributed by atoms with E-state index < -0.39 is 12.2 Å². The van der Waals surface area contributed by atoms with Gasteiger partial charge in [0.25, 0.3) is 5.91 Å². The van der Waals surface area contributed by atoms with Gasteiger partial charge in [0.05, 0.1) is 27.6 Å². The number of halogens is 4. The molecule has 11 heteroatoms. The molecule has 2 aromatic heterocycles. The van der Waals surface area contributed by atoms with Crippen molar-refractivity contribution in [2.24, 2.45) is 7.05 Å². The van der Waals surface area contributed by atoms with Gasteiger partial charge in [-0.2, -0.15) is 5.10 Å². The summed E-state index contributed by atoms with van der Waals surface area (Å²) in [5, 5.41) is 7.16. The number of hydrogen-bond acceptors (Lipinski definition) is 5. The third kappa shape index (κ3) is 3.78. The van der Waals surface area contributed by atoms with E-state index in [2.05, 4.69) is 24.9 Å². The monoisotopic (exact) mass is 454 g/mol. The number of ether oxygens (including phenoxy) is 2. The molecule has 1 aromatic carbocycles. The van der Waals surface area contributed by atoms with Crippen LogP contribution in [0.3, 0.4) is 0 Å². The Morgan fingerprint density at radius 3 is 2.53 bits per heavy atom. The van der Waals surface area contributed by atoms with Gasteiger partial charge >= 0.3 is 6.29 Å². The lowest BCUT2D eigenvalue weighted by Crippen LogP contribution is -2.25. The van der Waals surface area contributed by atoms with Crippen LogP contribution in [0.1, 0.15) is 23.0 Å². The fourth-order valence-electron chi connectivity index (χ4n) is 3.01. The number of aryl methyl sites for hydroxylation is 2. The molecule has 7 nitrogen and oxygen atoms in total. The zero-order chi connectivity index (χ0) is 21.6. The van der Waals surface area contributed by atoms with Crippen LogP contribution in [0, 0.1) is 0 Å². The Hall–Kier alpha value is -2.91. The fraction of sp³-hybridized carbons (Fsp3) is 0.211. The molecule has 0 unspecified atom stereocenters. The van der Waals surface area contributed by atoms with E-state index in [0.717, 1.165) is 5.56 Å². The predicted octanol–water partition coefficient (Wildman–Crippen LogP) is 4.93. The summed E-state index contributed by atoms with van der Waals surface area (Å²) in [6.07, 6.45) is -0.212. The summed E-state index contributed by atoms with van der Waals surface area (Å²) in [5.41, 5.74) is 2.12. The van der Waals surface area contributed by atoms with Gasteiger partial charge in [-0.25, -0.2) is 0 Å². The van der Waals surface area contributed by atoms with Crippen LogP contribution in [0.15, 0.2) is 30.6 Å². The van der Waals surface area contributed by atoms with Gasteiger partial charge in [-0.3, -0.25) is 14.5 Å². The van der Waals surface area contributed by atoms with Crippen molar-refractivity contribution in [3.8, 4) is 22.8 Å². The Kier molecular flexibility index (Phi) is 5.03. The number of hydrogen-bond donors (Lipinski definition) is 1. The van der Waals surface area contributed by atoms with Crippen LogP contribution in [0.4, 0.5) is 14.5 Å². The molecule has 0 atom stereocenters. The van der Waals surface area contributed by atoms with Crippen LogP contribution in [0.2, 0.25) is 10.0 Å². The third-order valence-electron chi connectivity index (χ3n) is 4.38. The minimum absolute atomic E-state index is 0.0880. The summed E-state index contributed by atoms with van der Waals surface area (Å²) < 4.78 is 36.9. The predicted molar refractivity (Wildman–Crippen MR) is 106 cm³/mol. The quantitative estimate of drug-likeness (QED) is 0.604. The smallest absolute Gasteiger partial charge is 0.395 e. The molecule has 30 heavy (non-hydrogen) atoms. The molecule has 1 N–H and O–H groups in total. The lowest BCUT2D eigenvalue weighted by molar-refractivity contribution is -0.286. The molecule has 0 fully saturated rings. The van der Waals surface area contributed by atoms with Crippen LogP contribution in [-0.4, -0.2) is 27.0 Å². The van der Waals surface area contributed by atoms with Crippen LogP contribution in [0.25, 0.3) is 11.3 Å². The highest BCUT2D eigenvalue weighted by Crippen LogP contribution is 2.46. The van der Waals surface area contributed by atoms with Gasteiger partial charge in [0.15, 0.2) is 17.2 Å². The van der Waals surface area contributed by atoms with E-state index in [1.165, 1.54) is 29.2 Å². The van der Waals surface area contributed by atoms with Crippen molar-refractivity contribution in [3.63, 3.8) is 0 Å². The Balaban J connectivity index is 1.65. The van der Waals surface area contributed by atoms with Gasteiger partial charge in [0, 0.05) is 24.9 Å². The van der Waals surface area contributed by atoms with Crippen LogP contribution < -0.4 is 14.8 Å². The zero-order valence-electron chi connectivity index (χ0n) is 15.7. The van der Waals surface area contributed by atoms with Crippen LogP contribution >= 0.6 is 23.2 Å². The van der Waals surface area contributed by atoms with Crippen molar-refractivity contribution in [3.05, 3.63) is 51.9 Å². The fourth-order valence-corrected chi connectivity index (χ4v) is 3.53. The van der Waals surface area contributed by atoms with Gasteiger partial charge in [0.2, 0.25) is 0 Å². The van der Waals surface area contributed by atoms with Gasteiger partial charge in [-0.05, 0) is 24.1 Å². The van der Waals surface area contributed by atoms with E-state index in [1.807, 2.05) is 6.92 Å². The van der Waals surface area contributed by atoms with Crippen molar-refractivity contribution in [1.82, 2.24) is 14.8 Å². The molecule has 0 spiro atoms. The molecular weight excluding hydrogens is 441 g/mol. The Morgan fingerprint density at radius 1 is 1.20 bits per heavy atom. The number of amides is 1. The molecule has 4 rings (SSSR count). The summed E-state index contributed by atoms with van der Waals surface area (Å²) in [6.45, 7) is 1.89. The summed E-state index contributed by atoms with van der Waals surface area (Å²) in [5.74, 6) is -0.768. The molecule has 3 heterocycles. The van der Waals surface area contributed by atoms with E-state index in [1.54, 1.807) is 13.1 Å². The zero-order valence-corrected chi connectivity index (χ0v) is 17.2. The summed E-state index contributed by atoms with van der Waals surface area (Å²) >= 11 is 12.3. The van der Waals surface area contributed by atoms with E-state index in [9.17, 15) is 13.6 Å². The first-order valence-corrected chi connectivity index (χ1v) is 9.51. The molecule has 3 aromatic rings. The van der Waals surface area contributed by atoms with Crippen molar-refractivity contribution >= 4 is 34.8 Å². The molecule has 0 aliphatic carbocycles. The minimum atomic E-state index is -3.74. The lowest BCUT2D eigenvalue weighted by Gasteiger charge is -2.12. The molecule has 156 valence electrons. The van der Waals surface area contributed by atoms with Crippen molar-refractivity contribution in [1.29, 1.82) is 0 Å². The molecule has 0 radical (unpaired) electrons. The van der Waals surface area contributed by atoms with Crippen molar-refractivity contribution < 1.29 is 23.0 Å². The Bertz CT molecular complexity index is 1170. The number of fused-ring (bicyclic) bond motifs is 1. The average molecular weight is 455 g/mol. The second-order valence-electron chi connectivity index (χ2n) is 6.48. The number of nitrogens with one attached hydrogen (secondary N) is 1. The number of carbonyl (C=O) groups is 1. The van der Waals surface area contributed by atoms with Crippen molar-refractivity contribution in [2.75, 3.05) is 5.32 Å². The number of anilines is 1. The first-order valence-electron chi connectivity index (χ1n) is 8.76. The van der Waals surface area contributed by atoms with Gasteiger partial charge < -0.3 is 14.8 Å². The average Bonchev–Trinajstić information content (AvgIpc) is 3.17. The molecule has 0 saturated heterocycles. The van der Waals surface area contributed by atoms with E-state index in [-0.39, 0.29) is 27.2 Å². The summed E-state index contributed by atoms with van der Waals surface area (Å²) in [4.78, 5) is 16.8. The molecule has 1 aliphatic heterocycles. The Morgan fingerprint density at radius 2 is 1.90 bits per heavy atom. The maximum Gasteiger partial charge on any atom is 0.586 e. The van der Waals surface area contributed by atoms with Crippen molar-refractivity contribution in [2.45, 2.75) is 19.6 Å². The lowest BCUT2D eigenvalue weighted by atomic mass is 10.1. The van der Waals surface area contributed by atoms with Gasteiger partial charge in [-0.1, -0.05) is 30.1 Å². The summed E-state index contributed by atoms with van der Waals surface area (Å²) in [6, 6.07) is 4.29. The topological polar surface area (TPSA) is 78.3 Å². The number of benzene rings is 1. The number of rotatable bonds is 4. The minimum Gasteiger partial charge on any atom is -0.395 e. The summed E-state index contributed by atoms with van der Waals surface area (Å²) in [7, 11) is 1.65. The first kappa shape index (κ1) is 20.4. The second kappa shape index (κ2) is 7.41. The van der Waals surface area contributed by atoms with Gasteiger partial charge in [-0.15, -0.1) is 8.78 Å². The standard InChI is InChI=1S/C19H14Cl2F2N4O3/c1-3-9-4-13(10-5-15-16(6-11(10)20)30-19(22,23)29-15)24-7-14(9)25-18(28)17-12(21)8-27(2)26-17/h4-8H,3H2,1-2H3,(H,25,28).